The number of hydrogen-bond acceptors (Lipinski definition) is 4. The van der Waals surface area contributed by atoms with Crippen LogP contribution in [0, 0.1) is 0 Å². The Hall–Kier alpha value is -1.20. The van der Waals surface area contributed by atoms with E-state index in [4.69, 9.17) is 18.0 Å². The standard InChI is InChI=1S/C12H20N4S/c1-16(2)9-4-3-7-14-12-10(11(13)17)6-5-8-15-12/h5-6,8H,3-4,7,9H2,1-2H3,(H2,13,17)(H,14,15). The molecule has 0 aliphatic rings. The van der Waals surface area contributed by atoms with Gasteiger partial charge in [0.05, 0.1) is 5.56 Å². The minimum absolute atomic E-state index is 0.383. The number of nitrogens with zero attached hydrogens (tertiary/aromatic N) is 2. The number of pyridine rings is 1. The van der Waals surface area contributed by atoms with Gasteiger partial charge < -0.3 is 16.0 Å². The second-order valence-electron chi connectivity index (χ2n) is 4.20. The van der Waals surface area contributed by atoms with Crippen LogP contribution in [0.3, 0.4) is 0 Å². The summed E-state index contributed by atoms with van der Waals surface area (Å²) in [4.78, 5) is 6.81. The molecule has 0 aliphatic heterocycles. The van der Waals surface area contributed by atoms with Crippen molar-refractivity contribution >= 4 is 23.0 Å². The van der Waals surface area contributed by atoms with Crippen LogP contribution < -0.4 is 11.1 Å². The average molecular weight is 252 g/mol. The summed E-state index contributed by atoms with van der Waals surface area (Å²) in [6.45, 7) is 1.99. The molecule has 1 rings (SSSR count). The molecule has 3 N–H and O–H groups in total. The monoisotopic (exact) mass is 252 g/mol. The Bertz CT molecular complexity index is 365. The third-order valence-corrected chi connectivity index (χ3v) is 2.62. The van der Waals surface area contributed by atoms with E-state index in [1.54, 1.807) is 6.20 Å². The van der Waals surface area contributed by atoms with Crippen LogP contribution in [-0.4, -0.2) is 42.1 Å². The highest BCUT2D eigenvalue weighted by Crippen LogP contribution is 2.11. The Morgan fingerprint density at radius 2 is 2.24 bits per heavy atom. The SMILES string of the molecule is CN(C)CCCCNc1ncccc1C(N)=S. The number of hydrogen-bond donors (Lipinski definition) is 2. The Labute approximate surface area is 108 Å². The largest absolute Gasteiger partial charge is 0.389 e. The Morgan fingerprint density at radius 1 is 1.47 bits per heavy atom. The summed E-state index contributed by atoms with van der Waals surface area (Å²) < 4.78 is 0. The lowest BCUT2D eigenvalue weighted by atomic mass is 10.2. The molecule has 0 bridgehead atoms. The first-order valence-electron chi connectivity index (χ1n) is 5.74. The molecule has 4 nitrogen and oxygen atoms in total. The molecular weight excluding hydrogens is 232 g/mol. The van der Waals surface area contributed by atoms with Gasteiger partial charge in [0.15, 0.2) is 0 Å². The van der Waals surface area contributed by atoms with E-state index in [1.807, 2.05) is 12.1 Å². The minimum atomic E-state index is 0.383. The van der Waals surface area contributed by atoms with Crippen LogP contribution in [0.1, 0.15) is 18.4 Å². The molecule has 0 aliphatic carbocycles. The van der Waals surface area contributed by atoms with Gasteiger partial charge in [-0.25, -0.2) is 4.98 Å². The van der Waals surface area contributed by atoms with E-state index < -0.39 is 0 Å². The number of unbranched alkanes of at least 4 members (excludes halogenated alkanes) is 1. The molecule has 1 heterocycles. The zero-order valence-electron chi connectivity index (χ0n) is 10.4. The van der Waals surface area contributed by atoms with Gasteiger partial charge in [-0.05, 0) is 45.6 Å². The maximum absolute atomic E-state index is 5.63. The minimum Gasteiger partial charge on any atom is -0.389 e. The lowest BCUT2D eigenvalue weighted by Crippen LogP contribution is -2.16. The summed E-state index contributed by atoms with van der Waals surface area (Å²) in [6, 6.07) is 3.73. The molecule has 0 amide bonds. The van der Waals surface area contributed by atoms with Crippen molar-refractivity contribution in [1.82, 2.24) is 9.88 Å². The van der Waals surface area contributed by atoms with E-state index in [-0.39, 0.29) is 0 Å². The molecule has 0 unspecified atom stereocenters. The third kappa shape index (κ3) is 5.10. The van der Waals surface area contributed by atoms with Crippen molar-refractivity contribution in [3.8, 4) is 0 Å². The van der Waals surface area contributed by atoms with Crippen LogP contribution in [0.2, 0.25) is 0 Å². The van der Waals surface area contributed by atoms with Crippen LogP contribution in [0.15, 0.2) is 18.3 Å². The number of rotatable bonds is 7. The van der Waals surface area contributed by atoms with E-state index in [1.165, 1.54) is 0 Å². The fraction of sp³-hybridized carbons (Fsp3) is 0.500. The van der Waals surface area contributed by atoms with Crippen molar-refractivity contribution in [2.75, 3.05) is 32.5 Å². The predicted molar refractivity (Wildman–Crippen MR) is 76.4 cm³/mol. The molecule has 0 saturated heterocycles. The van der Waals surface area contributed by atoms with Gasteiger partial charge in [-0.1, -0.05) is 12.2 Å². The van der Waals surface area contributed by atoms with E-state index >= 15 is 0 Å². The second-order valence-corrected chi connectivity index (χ2v) is 4.64. The van der Waals surface area contributed by atoms with Gasteiger partial charge in [0.25, 0.3) is 0 Å². The maximum atomic E-state index is 5.63. The van der Waals surface area contributed by atoms with Crippen molar-refractivity contribution in [3.05, 3.63) is 23.9 Å². The second kappa shape index (κ2) is 7.19. The van der Waals surface area contributed by atoms with Crippen LogP contribution in [-0.2, 0) is 0 Å². The van der Waals surface area contributed by atoms with Crippen LogP contribution >= 0.6 is 12.2 Å². The van der Waals surface area contributed by atoms with Crippen molar-refractivity contribution in [3.63, 3.8) is 0 Å². The summed E-state index contributed by atoms with van der Waals surface area (Å²) >= 11 is 4.98. The molecule has 5 heteroatoms. The average Bonchev–Trinajstić information content (AvgIpc) is 2.28. The molecule has 17 heavy (non-hydrogen) atoms. The topological polar surface area (TPSA) is 54.2 Å². The summed E-state index contributed by atoms with van der Waals surface area (Å²) in [5.41, 5.74) is 6.44. The molecule has 0 spiro atoms. The fourth-order valence-electron chi connectivity index (χ4n) is 1.50. The van der Waals surface area contributed by atoms with Crippen LogP contribution in [0.25, 0.3) is 0 Å². The highest BCUT2D eigenvalue weighted by molar-refractivity contribution is 7.80. The predicted octanol–water partition coefficient (Wildman–Crippen LogP) is 1.47. The summed E-state index contributed by atoms with van der Waals surface area (Å²) in [7, 11) is 4.16. The zero-order valence-corrected chi connectivity index (χ0v) is 11.3. The molecule has 0 fully saturated rings. The van der Waals surface area contributed by atoms with Crippen LogP contribution in [0.4, 0.5) is 5.82 Å². The number of aromatic nitrogens is 1. The highest BCUT2D eigenvalue weighted by atomic mass is 32.1. The molecule has 0 aromatic carbocycles. The van der Waals surface area contributed by atoms with Gasteiger partial charge >= 0.3 is 0 Å². The lowest BCUT2D eigenvalue weighted by molar-refractivity contribution is 0.396. The number of thiocarbonyl (C=S) groups is 1. The molecule has 94 valence electrons. The van der Waals surface area contributed by atoms with Gasteiger partial charge in [-0.15, -0.1) is 0 Å². The zero-order chi connectivity index (χ0) is 12.7. The number of nitrogens with two attached hydrogens (primary N) is 1. The smallest absolute Gasteiger partial charge is 0.136 e. The lowest BCUT2D eigenvalue weighted by Gasteiger charge is -2.11. The van der Waals surface area contributed by atoms with E-state index in [0.29, 0.717) is 4.99 Å². The molecule has 1 aromatic heterocycles. The first-order valence-corrected chi connectivity index (χ1v) is 6.15. The van der Waals surface area contributed by atoms with Gasteiger partial charge in [-0.3, -0.25) is 0 Å². The van der Waals surface area contributed by atoms with Gasteiger partial charge in [-0.2, -0.15) is 0 Å². The van der Waals surface area contributed by atoms with E-state index in [2.05, 4.69) is 29.3 Å². The van der Waals surface area contributed by atoms with Gasteiger partial charge in [0, 0.05) is 12.7 Å². The number of nitrogens with one attached hydrogen (secondary N) is 1. The normalized spacial score (nSPS) is 10.5. The van der Waals surface area contributed by atoms with E-state index in [9.17, 15) is 0 Å². The summed E-state index contributed by atoms with van der Waals surface area (Å²) in [5.74, 6) is 0.782. The van der Waals surface area contributed by atoms with E-state index in [0.717, 1.165) is 37.3 Å². The molecule has 1 aromatic rings. The molecule has 0 radical (unpaired) electrons. The fourth-order valence-corrected chi connectivity index (χ4v) is 1.67. The summed E-state index contributed by atoms with van der Waals surface area (Å²) in [5, 5.41) is 3.27. The Kier molecular flexibility index (Phi) is 5.86. The first-order chi connectivity index (χ1) is 8.11. The van der Waals surface area contributed by atoms with Gasteiger partial charge in [0.2, 0.25) is 0 Å². The van der Waals surface area contributed by atoms with Gasteiger partial charge in [0.1, 0.15) is 10.8 Å². The van der Waals surface area contributed by atoms with Crippen molar-refractivity contribution in [1.29, 1.82) is 0 Å². The maximum Gasteiger partial charge on any atom is 0.136 e. The molecular formula is C12H20N4S. The summed E-state index contributed by atoms with van der Waals surface area (Å²) in [6.07, 6.45) is 4.00. The third-order valence-electron chi connectivity index (χ3n) is 2.40. The van der Waals surface area contributed by atoms with Crippen LogP contribution in [0.5, 0.6) is 0 Å². The number of anilines is 1. The Balaban J connectivity index is 2.39. The quantitative estimate of drug-likeness (QED) is 0.568. The Morgan fingerprint density at radius 3 is 2.88 bits per heavy atom. The molecule has 0 atom stereocenters. The highest BCUT2D eigenvalue weighted by Gasteiger charge is 2.04. The van der Waals surface area contributed by atoms with Crippen molar-refractivity contribution < 1.29 is 0 Å². The van der Waals surface area contributed by atoms with Crippen molar-refractivity contribution in [2.45, 2.75) is 12.8 Å². The first kappa shape index (κ1) is 13.9. The molecule has 0 saturated carbocycles. The van der Waals surface area contributed by atoms with Crippen molar-refractivity contribution in [2.24, 2.45) is 5.73 Å².